The van der Waals surface area contributed by atoms with E-state index in [1.807, 2.05) is 24.3 Å². The van der Waals surface area contributed by atoms with Gasteiger partial charge in [-0.05, 0) is 35.2 Å². The molecular weight excluding hydrogens is 362 g/mol. The van der Waals surface area contributed by atoms with Crippen LogP contribution >= 0.6 is 0 Å². The lowest BCUT2D eigenvalue weighted by atomic mass is 9.87. The molecule has 0 aliphatic carbocycles. The zero-order valence-electron chi connectivity index (χ0n) is 15.8. The number of rotatable bonds is 4. The number of hydrogen-bond donors (Lipinski definition) is 2. The Morgan fingerprint density at radius 2 is 1.57 bits per heavy atom. The van der Waals surface area contributed by atoms with Crippen LogP contribution in [0.1, 0.15) is 36.8 Å². The molecule has 0 saturated heterocycles. The van der Waals surface area contributed by atoms with E-state index >= 15 is 0 Å². The minimum atomic E-state index is -0.966. The minimum absolute atomic E-state index is 0.0320. The highest BCUT2D eigenvalue weighted by molar-refractivity contribution is 6.02. The molecule has 0 aliphatic rings. The Labute approximate surface area is 161 Å². The van der Waals surface area contributed by atoms with Crippen molar-refractivity contribution in [2.75, 3.05) is 10.6 Å². The third kappa shape index (κ3) is 4.68. The van der Waals surface area contributed by atoms with Crippen molar-refractivity contribution in [1.29, 1.82) is 0 Å². The fraction of sp³-hybridized carbons (Fsp3) is 0.190. The Balaban J connectivity index is 1.65. The highest BCUT2D eigenvalue weighted by Gasteiger charge is 2.14. The van der Waals surface area contributed by atoms with E-state index in [4.69, 9.17) is 0 Å². The standard InChI is InChI=1S/C21H20F2N4O/c1-21(2,3)13-4-6-14(7-5-13)27-20(28)18-11-25-19(12-24-18)26-15-8-9-16(22)17(23)10-15/h4-12H,1-3H3,(H,25,26)(H,27,28). The summed E-state index contributed by atoms with van der Waals surface area (Å²) in [6, 6.07) is 11.0. The first kappa shape index (κ1) is 19.4. The number of carbonyl (C=O) groups excluding carboxylic acids is 1. The molecule has 0 radical (unpaired) electrons. The molecule has 0 fully saturated rings. The van der Waals surface area contributed by atoms with Gasteiger partial charge in [0.15, 0.2) is 11.6 Å². The van der Waals surface area contributed by atoms with Gasteiger partial charge in [0.05, 0.1) is 12.4 Å². The Bertz CT molecular complexity index is 981. The normalized spacial score (nSPS) is 11.2. The van der Waals surface area contributed by atoms with Crippen LogP contribution < -0.4 is 10.6 Å². The van der Waals surface area contributed by atoms with Crippen LogP contribution in [0.5, 0.6) is 0 Å². The average Bonchev–Trinajstić information content (AvgIpc) is 2.65. The number of halogens is 2. The Morgan fingerprint density at radius 3 is 2.14 bits per heavy atom. The molecule has 0 atom stereocenters. The zero-order valence-corrected chi connectivity index (χ0v) is 15.8. The van der Waals surface area contributed by atoms with Crippen LogP contribution in [0.15, 0.2) is 54.9 Å². The summed E-state index contributed by atoms with van der Waals surface area (Å²) in [6.07, 6.45) is 2.65. The number of nitrogens with one attached hydrogen (secondary N) is 2. The van der Waals surface area contributed by atoms with Crippen molar-refractivity contribution in [2.24, 2.45) is 0 Å². The highest BCUT2D eigenvalue weighted by atomic mass is 19.2. The van der Waals surface area contributed by atoms with Gasteiger partial charge in [-0.15, -0.1) is 0 Å². The van der Waals surface area contributed by atoms with Gasteiger partial charge in [-0.3, -0.25) is 4.79 Å². The molecule has 2 N–H and O–H groups in total. The van der Waals surface area contributed by atoms with E-state index in [-0.39, 0.29) is 11.1 Å². The second-order valence-corrected chi connectivity index (χ2v) is 7.32. The molecule has 0 aliphatic heterocycles. The Kier molecular flexibility index (Phi) is 5.35. The summed E-state index contributed by atoms with van der Waals surface area (Å²) in [5.41, 5.74) is 2.31. The van der Waals surface area contributed by atoms with Gasteiger partial charge in [-0.1, -0.05) is 32.9 Å². The molecule has 0 unspecified atom stereocenters. The van der Waals surface area contributed by atoms with Gasteiger partial charge < -0.3 is 10.6 Å². The first-order chi connectivity index (χ1) is 13.2. The average molecular weight is 382 g/mol. The second kappa shape index (κ2) is 7.72. The quantitative estimate of drug-likeness (QED) is 0.663. The molecular formula is C21H20F2N4O. The van der Waals surface area contributed by atoms with E-state index in [0.29, 0.717) is 17.2 Å². The van der Waals surface area contributed by atoms with Crippen molar-refractivity contribution in [1.82, 2.24) is 9.97 Å². The molecule has 144 valence electrons. The van der Waals surface area contributed by atoms with Crippen LogP contribution in [0.2, 0.25) is 0 Å². The van der Waals surface area contributed by atoms with Crippen LogP contribution in [-0.4, -0.2) is 15.9 Å². The molecule has 1 heterocycles. The summed E-state index contributed by atoms with van der Waals surface area (Å²) in [5.74, 6) is -1.99. The van der Waals surface area contributed by atoms with Crippen molar-refractivity contribution >= 4 is 23.1 Å². The molecule has 1 amide bonds. The fourth-order valence-electron chi connectivity index (χ4n) is 2.48. The lowest BCUT2D eigenvalue weighted by Gasteiger charge is -2.19. The van der Waals surface area contributed by atoms with Crippen LogP contribution in [0.4, 0.5) is 26.0 Å². The van der Waals surface area contributed by atoms with Gasteiger partial charge in [0.1, 0.15) is 11.5 Å². The number of aromatic nitrogens is 2. The van der Waals surface area contributed by atoms with Gasteiger partial charge >= 0.3 is 0 Å². The summed E-state index contributed by atoms with van der Waals surface area (Å²) in [5, 5.41) is 5.56. The van der Waals surface area contributed by atoms with E-state index < -0.39 is 17.5 Å². The van der Waals surface area contributed by atoms with Gasteiger partial charge in [0.25, 0.3) is 5.91 Å². The molecule has 28 heavy (non-hydrogen) atoms. The van der Waals surface area contributed by atoms with E-state index in [1.165, 1.54) is 18.5 Å². The molecule has 0 bridgehead atoms. The minimum Gasteiger partial charge on any atom is -0.339 e. The maximum atomic E-state index is 13.2. The summed E-state index contributed by atoms with van der Waals surface area (Å²) in [4.78, 5) is 20.5. The monoisotopic (exact) mass is 382 g/mol. The van der Waals surface area contributed by atoms with Crippen molar-refractivity contribution in [3.05, 3.63) is 77.8 Å². The third-order valence-corrected chi connectivity index (χ3v) is 4.09. The van der Waals surface area contributed by atoms with Gasteiger partial charge in [-0.2, -0.15) is 0 Å². The largest absolute Gasteiger partial charge is 0.339 e. The first-order valence-corrected chi connectivity index (χ1v) is 8.68. The smallest absolute Gasteiger partial charge is 0.275 e. The predicted molar refractivity (Wildman–Crippen MR) is 105 cm³/mol. The Morgan fingerprint density at radius 1 is 0.893 bits per heavy atom. The lowest BCUT2D eigenvalue weighted by molar-refractivity contribution is 0.102. The SMILES string of the molecule is CC(C)(C)c1ccc(NC(=O)c2cnc(Nc3ccc(F)c(F)c3)cn2)cc1. The van der Waals surface area contributed by atoms with Crippen molar-refractivity contribution in [2.45, 2.75) is 26.2 Å². The molecule has 3 rings (SSSR count). The zero-order chi connectivity index (χ0) is 20.3. The Hall–Kier alpha value is -3.35. The number of benzene rings is 2. The number of hydrogen-bond acceptors (Lipinski definition) is 4. The van der Waals surface area contributed by atoms with Crippen LogP contribution in [0, 0.1) is 11.6 Å². The van der Waals surface area contributed by atoms with E-state index in [9.17, 15) is 13.6 Å². The number of anilines is 3. The number of carbonyl (C=O) groups is 1. The number of amides is 1. The molecule has 7 heteroatoms. The van der Waals surface area contributed by atoms with Crippen molar-refractivity contribution in [3.8, 4) is 0 Å². The summed E-state index contributed by atoms with van der Waals surface area (Å²) >= 11 is 0. The lowest BCUT2D eigenvalue weighted by Crippen LogP contribution is -2.15. The first-order valence-electron chi connectivity index (χ1n) is 8.68. The maximum absolute atomic E-state index is 13.2. The highest BCUT2D eigenvalue weighted by Crippen LogP contribution is 2.23. The second-order valence-electron chi connectivity index (χ2n) is 7.32. The van der Waals surface area contributed by atoms with Crippen molar-refractivity contribution in [3.63, 3.8) is 0 Å². The molecule has 3 aromatic rings. The predicted octanol–water partition coefficient (Wildman–Crippen LogP) is 5.05. The molecule has 5 nitrogen and oxygen atoms in total. The van der Waals surface area contributed by atoms with E-state index in [2.05, 4.69) is 41.4 Å². The molecule has 0 saturated carbocycles. The summed E-state index contributed by atoms with van der Waals surface area (Å²) < 4.78 is 26.2. The third-order valence-electron chi connectivity index (χ3n) is 4.09. The van der Waals surface area contributed by atoms with Crippen molar-refractivity contribution < 1.29 is 13.6 Å². The topological polar surface area (TPSA) is 66.9 Å². The van der Waals surface area contributed by atoms with Gasteiger partial charge in [-0.25, -0.2) is 18.7 Å². The summed E-state index contributed by atoms with van der Waals surface area (Å²) in [7, 11) is 0. The van der Waals surface area contributed by atoms with E-state index in [1.54, 1.807) is 0 Å². The fourth-order valence-corrected chi connectivity index (χ4v) is 2.48. The molecule has 0 spiro atoms. The van der Waals surface area contributed by atoms with Gasteiger partial charge in [0.2, 0.25) is 0 Å². The van der Waals surface area contributed by atoms with Crippen LogP contribution in [0.25, 0.3) is 0 Å². The van der Waals surface area contributed by atoms with Crippen LogP contribution in [0.3, 0.4) is 0 Å². The maximum Gasteiger partial charge on any atom is 0.275 e. The van der Waals surface area contributed by atoms with Crippen LogP contribution in [-0.2, 0) is 5.41 Å². The number of nitrogens with zero attached hydrogens (tertiary/aromatic N) is 2. The molecule has 2 aromatic carbocycles. The van der Waals surface area contributed by atoms with Gasteiger partial charge in [0, 0.05) is 17.4 Å². The van der Waals surface area contributed by atoms with E-state index in [0.717, 1.165) is 17.7 Å². The summed E-state index contributed by atoms with van der Waals surface area (Å²) in [6.45, 7) is 6.35. The molecule has 1 aromatic heterocycles.